The maximum Gasteiger partial charge on any atom is 0.252 e. The summed E-state index contributed by atoms with van der Waals surface area (Å²) in [4.78, 5) is 25.2. The smallest absolute Gasteiger partial charge is 0.252 e. The number of hydrogen-bond donors (Lipinski definition) is 2. The van der Waals surface area contributed by atoms with Gasteiger partial charge in [0.15, 0.2) is 0 Å². The standard InChI is InChI=1S/C19H20Cl2N2O2/c1-11(2)17(23-18(24)14-7-5-4-6-12(14)3)19(25)22-16-10-13(20)8-9-15(16)21/h4-11,17H,1-3H3,(H,22,25)(H,23,24). The summed E-state index contributed by atoms with van der Waals surface area (Å²) in [5.41, 5.74) is 1.80. The van der Waals surface area contributed by atoms with Crippen molar-refractivity contribution >= 4 is 40.7 Å². The molecule has 0 bridgehead atoms. The van der Waals surface area contributed by atoms with Gasteiger partial charge in [-0.15, -0.1) is 0 Å². The molecule has 0 radical (unpaired) electrons. The number of carbonyl (C=O) groups is 2. The van der Waals surface area contributed by atoms with Crippen LogP contribution in [0.1, 0.15) is 29.8 Å². The highest BCUT2D eigenvalue weighted by Gasteiger charge is 2.25. The number of hydrogen-bond acceptors (Lipinski definition) is 2. The number of rotatable bonds is 5. The van der Waals surface area contributed by atoms with Gasteiger partial charge in [-0.05, 0) is 42.7 Å². The predicted octanol–water partition coefficient (Wildman–Crippen LogP) is 4.69. The van der Waals surface area contributed by atoms with Crippen LogP contribution in [0.4, 0.5) is 5.69 Å². The summed E-state index contributed by atoms with van der Waals surface area (Å²) in [6.45, 7) is 5.58. The Morgan fingerprint density at radius 3 is 2.36 bits per heavy atom. The van der Waals surface area contributed by atoms with Crippen molar-refractivity contribution in [2.75, 3.05) is 5.32 Å². The van der Waals surface area contributed by atoms with Gasteiger partial charge in [0.2, 0.25) is 5.91 Å². The van der Waals surface area contributed by atoms with Gasteiger partial charge in [-0.1, -0.05) is 55.2 Å². The summed E-state index contributed by atoms with van der Waals surface area (Å²) in [7, 11) is 0. The number of benzene rings is 2. The Labute approximate surface area is 157 Å². The molecular weight excluding hydrogens is 359 g/mol. The van der Waals surface area contributed by atoms with Crippen LogP contribution < -0.4 is 10.6 Å². The van der Waals surface area contributed by atoms with Crippen molar-refractivity contribution in [3.05, 3.63) is 63.6 Å². The van der Waals surface area contributed by atoms with E-state index in [1.165, 1.54) is 0 Å². The Kier molecular flexibility index (Phi) is 6.45. The lowest BCUT2D eigenvalue weighted by molar-refractivity contribution is -0.118. The summed E-state index contributed by atoms with van der Waals surface area (Å²) in [5, 5.41) is 6.38. The van der Waals surface area contributed by atoms with Crippen LogP contribution in [-0.4, -0.2) is 17.9 Å². The zero-order valence-electron chi connectivity index (χ0n) is 14.3. The summed E-state index contributed by atoms with van der Waals surface area (Å²) < 4.78 is 0. The highest BCUT2D eigenvalue weighted by molar-refractivity contribution is 6.35. The van der Waals surface area contributed by atoms with Gasteiger partial charge in [0.05, 0.1) is 10.7 Å². The number of amides is 2. The molecule has 0 fully saturated rings. The Balaban J connectivity index is 2.17. The third kappa shape index (κ3) is 4.97. The van der Waals surface area contributed by atoms with Gasteiger partial charge < -0.3 is 10.6 Å². The van der Waals surface area contributed by atoms with E-state index in [1.807, 2.05) is 32.9 Å². The normalized spacial score (nSPS) is 11.9. The molecule has 2 aromatic rings. The molecule has 0 aliphatic heterocycles. The van der Waals surface area contributed by atoms with Crippen LogP contribution in [0.5, 0.6) is 0 Å². The average molecular weight is 379 g/mol. The largest absolute Gasteiger partial charge is 0.340 e. The maximum absolute atomic E-state index is 12.6. The fraction of sp³-hybridized carbons (Fsp3) is 0.263. The third-order valence-corrected chi connectivity index (χ3v) is 4.38. The molecule has 0 saturated carbocycles. The Hall–Kier alpha value is -2.04. The molecule has 2 N–H and O–H groups in total. The molecule has 0 aliphatic carbocycles. The van der Waals surface area contributed by atoms with E-state index >= 15 is 0 Å². The molecule has 1 unspecified atom stereocenters. The molecule has 2 rings (SSSR count). The maximum atomic E-state index is 12.6. The molecule has 2 amide bonds. The summed E-state index contributed by atoms with van der Waals surface area (Å²) in [5.74, 6) is -0.740. The number of anilines is 1. The van der Waals surface area contributed by atoms with Gasteiger partial charge in [-0.25, -0.2) is 0 Å². The van der Waals surface area contributed by atoms with Gasteiger partial charge >= 0.3 is 0 Å². The first kappa shape index (κ1) is 19.3. The molecule has 0 spiro atoms. The molecule has 0 aromatic heterocycles. The van der Waals surface area contributed by atoms with Gasteiger partial charge in [0, 0.05) is 10.6 Å². The average Bonchev–Trinajstić information content (AvgIpc) is 2.55. The van der Waals surface area contributed by atoms with Crippen molar-refractivity contribution in [2.24, 2.45) is 5.92 Å². The van der Waals surface area contributed by atoms with E-state index in [4.69, 9.17) is 23.2 Å². The lowest BCUT2D eigenvalue weighted by Gasteiger charge is -2.22. The second-order valence-electron chi connectivity index (χ2n) is 6.12. The van der Waals surface area contributed by atoms with Crippen molar-refractivity contribution in [3.8, 4) is 0 Å². The van der Waals surface area contributed by atoms with Crippen LogP contribution in [0.2, 0.25) is 10.0 Å². The molecule has 25 heavy (non-hydrogen) atoms. The monoisotopic (exact) mass is 378 g/mol. The van der Waals surface area contributed by atoms with Gasteiger partial charge in [0.1, 0.15) is 6.04 Å². The van der Waals surface area contributed by atoms with E-state index in [-0.39, 0.29) is 17.7 Å². The Morgan fingerprint density at radius 2 is 1.72 bits per heavy atom. The first-order valence-corrected chi connectivity index (χ1v) is 8.67. The lowest BCUT2D eigenvalue weighted by atomic mass is 10.0. The van der Waals surface area contributed by atoms with Crippen LogP contribution in [0.15, 0.2) is 42.5 Å². The molecule has 0 aliphatic rings. The predicted molar refractivity (Wildman–Crippen MR) is 102 cm³/mol. The highest BCUT2D eigenvalue weighted by atomic mass is 35.5. The quantitative estimate of drug-likeness (QED) is 0.792. The van der Waals surface area contributed by atoms with E-state index in [0.717, 1.165) is 5.56 Å². The minimum absolute atomic E-state index is 0.106. The van der Waals surface area contributed by atoms with Crippen LogP contribution in [-0.2, 0) is 4.79 Å². The first-order valence-electron chi connectivity index (χ1n) is 7.92. The lowest BCUT2D eigenvalue weighted by Crippen LogP contribution is -2.47. The number of aryl methyl sites for hydroxylation is 1. The minimum atomic E-state index is -0.706. The fourth-order valence-corrected chi connectivity index (χ4v) is 2.72. The van der Waals surface area contributed by atoms with Gasteiger partial charge in [0.25, 0.3) is 5.91 Å². The second kappa shape index (κ2) is 8.37. The number of halogens is 2. The van der Waals surface area contributed by atoms with Crippen molar-refractivity contribution in [2.45, 2.75) is 26.8 Å². The van der Waals surface area contributed by atoms with Crippen LogP contribution in [0, 0.1) is 12.8 Å². The van der Waals surface area contributed by atoms with Crippen molar-refractivity contribution in [1.29, 1.82) is 0 Å². The molecule has 0 heterocycles. The van der Waals surface area contributed by atoms with Gasteiger partial charge in [-0.2, -0.15) is 0 Å². The summed E-state index contributed by atoms with van der Waals surface area (Å²) in [6.07, 6.45) is 0. The van der Waals surface area contributed by atoms with Gasteiger partial charge in [-0.3, -0.25) is 9.59 Å². The Bertz CT molecular complexity index is 791. The topological polar surface area (TPSA) is 58.2 Å². The molecule has 2 aromatic carbocycles. The molecule has 6 heteroatoms. The first-order chi connectivity index (χ1) is 11.8. The molecule has 4 nitrogen and oxygen atoms in total. The highest BCUT2D eigenvalue weighted by Crippen LogP contribution is 2.25. The molecule has 1 atom stereocenters. The van der Waals surface area contributed by atoms with Crippen LogP contribution in [0.3, 0.4) is 0 Å². The number of carbonyl (C=O) groups excluding carboxylic acids is 2. The van der Waals surface area contributed by atoms with E-state index in [9.17, 15) is 9.59 Å². The Morgan fingerprint density at radius 1 is 1.04 bits per heavy atom. The van der Waals surface area contributed by atoms with E-state index in [2.05, 4.69) is 10.6 Å². The summed E-state index contributed by atoms with van der Waals surface area (Å²) in [6, 6.07) is 11.3. The zero-order valence-corrected chi connectivity index (χ0v) is 15.8. The molecule has 0 saturated heterocycles. The zero-order chi connectivity index (χ0) is 18.6. The van der Waals surface area contributed by atoms with E-state index in [1.54, 1.807) is 30.3 Å². The van der Waals surface area contributed by atoms with E-state index < -0.39 is 6.04 Å². The van der Waals surface area contributed by atoms with Crippen molar-refractivity contribution < 1.29 is 9.59 Å². The SMILES string of the molecule is Cc1ccccc1C(=O)NC(C(=O)Nc1cc(Cl)ccc1Cl)C(C)C. The molecule has 132 valence electrons. The van der Waals surface area contributed by atoms with Crippen molar-refractivity contribution in [1.82, 2.24) is 5.32 Å². The second-order valence-corrected chi connectivity index (χ2v) is 6.97. The third-order valence-electron chi connectivity index (χ3n) is 3.81. The minimum Gasteiger partial charge on any atom is -0.340 e. The van der Waals surface area contributed by atoms with Crippen LogP contribution in [0.25, 0.3) is 0 Å². The van der Waals surface area contributed by atoms with E-state index in [0.29, 0.717) is 21.3 Å². The fourth-order valence-electron chi connectivity index (χ4n) is 2.39. The summed E-state index contributed by atoms with van der Waals surface area (Å²) >= 11 is 12.0. The molecular formula is C19H20Cl2N2O2. The number of nitrogens with one attached hydrogen (secondary N) is 2. The van der Waals surface area contributed by atoms with Crippen molar-refractivity contribution in [3.63, 3.8) is 0 Å². The van der Waals surface area contributed by atoms with Crippen LogP contribution >= 0.6 is 23.2 Å².